The van der Waals surface area contributed by atoms with Crippen LogP contribution in [0.2, 0.25) is 10.0 Å². The fraction of sp³-hybridized carbons (Fsp3) is 0.0833. The third-order valence-electron chi connectivity index (χ3n) is 4.34. The van der Waals surface area contributed by atoms with Gasteiger partial charge in [0.15, 0.2) is 11.5 Å². The van der Waals surface area contributed by atoms with E-state index in [2.05, 4.69) is 5.32 Å². The number of carbonyl (C=O) groups is 1. The summed E-state index contributed by atoms with van der Waals surface area (Å²) in [6.45, 7) is 0.242. The van der Waals surface area contributed by atoms with E-state index in [-0.39, 0.29) is 12.2 Å². The van der Waals surface area contributed by atoms with Gasteiger partial charge in [-0.25, -0.2) is 4.39 Å². The zero-order valence-corrected chi connectivity index (χ0v) is 18.4. The molecular formula is C24H17Cl2FN2O3. The molecule has 0 heterocycles. The van der Waals surface area contributed by atoms with Crippen molar-refractivity contribution in [3.63, 3.8) is 0 Å². The van der Waals surface area contributed by atoms with Gasteiger partial charge in [-0.15, -0.1) is 0 Å². The number of rotatable bonds is 7. The molecule has 32 heavy (non-hydrogen) atoms. The number of hydrogen-bond acceptors (Lipinski definition) is 4. The van der Waals surface area contributed by atoms with E-state index in [1.54, 1.807) is 36.4 Å². The molecule has 8 heteroatoms. The van der Waals surface area contributed by atoms with Crippen molar-refractivity contribution in [2.45, 2.75) is 6.61 Å². The molecule has 162 valence electrons. The smallest absolute Gasteiger partial charge is 0.266 e. The summed E-state index contributed by atoms with van der Waals surface area (Å²) in [5, 5.41) is 12.8. The maximum atomic E-state index is 13.0. The van der Waals surface area contributed by atoms with Gasteiger partial charge in [-0.05, 0) is 65.7 Å². The van der Waals surface area contributed by atoms with Crippen LogP contribution in [0.3, 0.4) is 0 Å². The lowest BCUT2D eigenvalue weighted by molar-refractivity contribution is -0.112. The van der Waals surface area contributed by atoms with Gasteiger partial charge in [-0.2, -0.15) is 5.26 Å². The number of anilines is 1. The van der Waals surface area contributed by atoms with Crippen LogP contribution in [0, 0.1) is 17.1 Å². The van der Waals surface area contributed by atoms with Gasteiger partial charge in [0, 0.05) is 5.69 Å². The quantitative estimate of drug-likeness (QED) is 0.326. The second-order valence-corrected chi connectivity index (χ2v) is 7.39. The van der Waals surface area contributed by atoms with Gasteiger partial charge in [-0.1, -0.05) is 35.3 Å². The van der Waals surface area contributed by atoms with Crippen molar-refractivity contribution in [3.8, 4) is 17.6 Å². The van der Waals surface area contributed by atoms with Crippen molar-refractivity contribution in [3.05, 3.63) is 93.2 Å². The van der Waals surface area contributed by atoms with Crippen molar-refractivity contribution in [1.29, 1.82) is 5.26 Å². The molecule has 0 fully saturated rings. The summed E-state index contributed by atoms with van der Waals surface area (Å²) < 4.78 is 24.2. The van der Waals surface area contributed by atoms with Crippen molar-refractivity contribution >= 4 is 40.9 Å². The summed E-state index contributed by atoms with van der Waals surface area (Å²) >= 11 is 12.0. The van der Waals surface area contributed by atoms with Gasteiger partial charge in [0.1, 0.15) is 24.1 Å². The first-order valence-corrected chi connectivity index (χ1v) is 10.1. The Hall–Kier alpha value is -3.53. The molecule has 0 unspecified atom stereocenters. The molecule has 0 bridgehead atoms. The number of ether oxygens (including phenoxy) is 2. The Balaban J connectivity index is 1.74. The predicted octanol–water partition coefficient (Wildman–Crippen LogP) is 6.27. The molecule has 0 aliphatic heterocycles. The Morgan fingerprint density at radius 3 is 2.47 bits per heavy atom. The Bertz CT molecular complexity index is 1200. The third-order valence-corrected chi connectivity index (χ3v) is 5.08. The number of benzene rings is 3. The fourth-order valence-electron chi connectivity index (χ4n) is 2.73. The topological polar surface area (TPSA) is 71.3 Å². The molecule has 0 spiro atoms. The van der Waals surface area contributed by atoms with Gasteiger partial charge in [0.25, 0.3) is 5.91 Å². The number of methoxy groups -OCH3 is 1. The summed E-state index contributed by atoms with van der Waals surface area (Å²) in [4.78, 5) is 12.4. The standard InChI is InChI=1S/C24H17Cl2FN2O3/c1-31-23-12-15(3-9-22(23)32-14-16-2-8-20(25)21(26)11-16)10-17(13-28)24(30)29-19-6-4-18(27)5-7-19/h2-12H,14H2,1H3,(H,29,30)/b17-10-. The molecule has 5 nitrogen and oxygen atoms in total. The highest BCUT2D eigenvalue weighted by Gasteiger charge is 2.12. The zero-order valence-electron chi connectivity index (χ0n) is 16.9. The third kappa shape index (κ3) is 6.01. The van der Waals surface area contributed by atoms with E-state index in [0.29, 0.717) is 32.8 Å². The number of halogens is 3. The maximum Gasteiger partial charge on any atom is 0.266 e. The highest BCUT2D eigenvalue weighted by Crippen LogP contribution is 2.30. The van der Waals surface area contributed by atoms with Crippen molar-refractivity contribution in [1.82, 2.24) is 0 Å². The molecule has 0 radical (unpaired) electrons. The average molecular weight is 471 g/mol. The Labute approximate surface area is 194 Å². The van der Waals surface area contributed by atoms with Crippen LogP contribution in [-0.2, 0) is 11.4 Å². The second kappa shape index (κ2) is 10.7. The van der Waals surface area contributed by atoms with Crippen LogP contribution in [-0.4, -0.2) is 13.0 Å². The first kappa shape index (κ1) is 23.1. The minimum absolute atomic E-state index is 0.124. The number of amides is 1. The summed E-state index contributed by atoms with van der Waals surface area (Å²) in [7, 11) is 1.49. The SMILES string of the molecule is COc1cc(/C=C(/C#N)C(=O)Nc2ccc(F)cc2)ccc1OCc1ccc(Cl)c(Cl)c1. The fourth-order valence-corrected chi connectivity index (χ4v) is 3.05. The molecule has 0 aliphatic rings. The molecule has 0 aromatic heterocycles. The summed E-state index contributed by atoms with van der Waals surface area (Å²) in [5.74, 6) is -0.134. The van der Waals surface area contributed by atoms with E-state index in [9.17, 15) is 14.4 Å². The minimum atomic E-state index is -0.613. The van der Waals surface area contributed by atoms with Crippen LogP contribution >= 0.6 is 23.2 Å². The lowest BCUT2D eigenvalue weighted by Crippen LogP contribution is -2.13. The highest BCUT2D eigenvalue weighted by atomic mass is 35.5. The van der Waals surface area contributed by atoms with Crippen LogP contribution in [0.5, 0.6) is 11.5 Å². The van der Waals surface area contributed by atoms with Crippen molar-refractivity contribution in [2.24, 2.45) is 0 Å². The molecule has 0 aliphatic carbocycles. The highest BCUT2D eigenvalue weighted by molar-refractivity contribution is 6.42. The minimum Gasteiger partial charge on any atom is -0.493 e. The van der Waals surface area contributed by atoms with Crippen LogP contribution in [0.1, 0.15) is 11.1 Å². The van der Waals surface area contributed by atoms with Gasteiger partial charge < -0.3 is 14.8 Å². The molecule has 1 amide bonds. The Morgan fingerprint density at radius 1 is 1.06 bits per heavy atom. The molecule has 0 saturated carbocycles. The van der Waals surface area contributed by atoms with E-state index in [4.69, 9.17) is 32.7 Å². The van der Waals surface area contributed by atoms with Gasteiger partial charge in [0.05, 0.1) is 17.2 Å². The number of nitriles is 1. The van der Waals surface area contributed by atoms with Crippen LogP contribution in [0.4, 0.5) is 10.1 Å². The summed E-state index contributed by atoms with van der Waals surface area (Å²) in [6.07, 6.45) is 1.42. The van der Waals surface area contributed by atoms with E-state index in [1.165, 1.54) is 37.5 Å². The Morgan fingerprint density at radius 2 is 1.81 bits per heavy atom. The van der Waals surface area contributed by atoms with E-state index in [1.807, 2.05) is 6.07 Å². The molecule has 0 atom stereocenters. The van der Waals surface area contributed by atoms with Crippen LogP contribution < -0.4 is 14.8 Å². The first-order chi connectivity index (χ1) is 15.4. The largest absolute Gasteiger partial charge is 0.493 e. The van der Waals surface area contributed by atoms with Gasteiger partial charge in [0.2, 0.25) is 0 Å². The van der Waals surface area contributed by atoms with E-state index < -0.39 is 11.7 Å². The summed E-state index contributed by atoms with van der Waals surface area (Å²) in [6, 6.07) is 17.3. The zero-order chi connectivity index (χ0) is 23.1. The lowest BCUT2D eigenvalue weighted by atomic mass is 10.1. The van der Waals surface area contributed by atoms with Crippen molar-refractivity contribution < 1.29 is 18.7 Å². The molecular weight excluding hydrogens is 454 g/mol. The molecule has 3 aromatic rings. The van der Waals surface area contributed by atoms with Crippen molar-refractivity contribution in [2.75, 3.05) is 12.4 Å². The molecule has 1 N–H and O–H groups in total. The number of hydrogen-bond donors (Lipinski definition) is 1. The number of nitrogens with zero attached hydrogens (tertiary/aromatic N) is 1. The Kier molecular flexibility index (Phi) is 7.72. The van der Waals surface area contributed by atoms with E-state index in [0.717, 1.165) is 5.56 Å². The van der Waals surface area contributed by atoms with Gasteiger partial charge in [-0.3, -0.25) is 4.79 Å². The maximum absolute atomic E-state index is 13.0. The monoisotopic (exact) mass is 470 g/mol. The predicted molar refractivity (Wildman–Crippen MR) is 122 cm³/mol. The molecule has 0 saturated heterocycles. The van der Waals surface area contributed by atoms with Crippen LogP contribution in [0.15, 0.2) is 66.2 Å². The normalized spacial score (nSPS) is 10.9. The molecule has 3 aromatic carbocycles. The average Bonchev–Trinajstić information content (AvgIpc) is 2.80. The lowest BCUT2D eigenvalue weighted by Gasteiger charge is -2.12. The molecule has 3 rings (SSSR count). The second-order valence-electron chi connectivity index (χ2n) is 6.58. The van der Waals surface area contributed by atoms with Crippen LogP contribution in [0.25, 0.3) is 6.08 Å². The first-order valence-electron chi connectivity index (χ1n) is 9.33. The number of nitrogens with one attached hydrogen (secondary N) is 1. The van der Waals surface area contributed by atoms with E-state index >= 15 is 0 Å². The number of carbonyl (C=O) groups excluding carboxylic acids is 1. The summed E-state index contributed by atoms with van der Waals surface area (Å²) in [5.41, 5.74) is 1.64. The van der Waals surface area contributed by atoms with Gasteiger partial charge >= 0.3 is 0 Å².